The van der Waals surface area contributed by atoms with E-state index >= 15 is 0 Å². The number of amides is 1. The van der Waals surface area contributed by atoms with Gasteiger partial charge in [-0.05, 0) is 30.5 Å². The van der Waals surface area contributed by atoms with E-state index in [2.05, 4.69) is 10.2 Å². The van der Waals surface area contributed by atoms with Crippen LogP contribution in [-0.2, 0) is 4.79 Å². The maximum Gasteiger partial charge on any atom is 0.240 e. The third-order valence-electron chi connectivity index (χ3n) is 4.83. The van der Waals surface area contributed by atoms with E-state index in [0.29, 0.717) is 5.16 Å². The largest absolute Gasteiger partial charge is 0.495 e. The van der Waals surface area contributed by atoms with Crippen LogP contribution in [0.3, 0.4) is 0 Å². The molecule has 1 atom stereocenters. The van der Waals surface area contributed by atoms with Gasteiger partial charge in [0, 0.05) is 13.1 Å². The van der Waals surface area contributed by atoms with Gasteiger partial charge in [0.25, 0.3) is 0 Å². The quantitative estimate of drug-likeness (QED) is 0.596. The predicted molar refractivity (Wildman–Crippen MR) is 109 cm³/mol. The van der Waals surface area contributed by atoms with E-state index < -0.39 is 0 Å². The number of para-hydroxylation sites is 2. The van der Waals surface area contributed by atoms with Gasteiger partial charge in [0.1, 0.15) is 17.3 Å². The Kier molecular flexibility index (Phi) is 5.62. The van der Waals surface area contributed by atoms with Gasteiger partial charge in [0.15, 0.2) is 5.16 Å². The molecule has 0 N–H and O–H groups in total. The van der Waals surface area contributed by atoms with Crippen molar-refractivity contribution in [2.24, 2.45) is 0 Å². The third kappa shape index (κ3) is 3.75. The Labute approximate surface area is 168 Å². The number of thioether (sulfide) groups is 1. The number of rotatable bonds is 6. The van der Waals surface area contributed by atoms with Gasteiger partial charge >= 0.3 is 0 Å². The Morgan fingerprint density at radius 2 is 1.79 bits per heavy atom. The first-order chi connectivity index (χ1) is 13.8. The van der Waals surface area contributed by atoms with Crippen LogP contribution >= 0.6 is 11.8 Å². The Morgan fingerprint density at radius 3 is 2.54 bits per heavy atom. The Bertz CT molecular complexity index is 938. The van der Waals surface area contributed by atoms with Crippen LogP contribution in [0, 0.1) is 0 Å². The molecule has 0 radical (unpaired) electrons. The first kappa shape index (κ1) is 18.6. The van der Waals surface area contributed by atoms with E-state index in [4.69, 9.17) is 4.74 Å². The van der Waals surface area contributed by atoms with Gasteiger partial charge in [-0.15, -0.1) is 10.2 Å². The van der Waals surface area contributed by atoms with Crippen molar-refractivity contribution in [3.8, 4) is 11.4 Å². The number of hydrogen-bond donors (Lipinski definition) is 0. The van der Waals surface area contributed by atoms with Crippen LogP contribution in [0.25, 0.3) is 5.69 Å². The monoisotopic (exact) mass is 394 g/mol. The van der Waals surface area contributed by atoms with Gasteiger partial charge < -0.3 is 9.64 Å². The second kappa shape index (κ2) is 8.48. The van der Waals surface area contributed by atoms with Crippen molar-refractivity contribution in [3.05, 3.63) is 66.5 Å². The fourth-order valence-corrected chi connectivity index (χ4v) is 4.50. The molecule has 3 aromatic rings. The van der Waals surface area contributed by atoms with Gasteiger partial charge in [0.2, 0.25) is 5.91 Å². The normalized spacial score (nSPS) is 14.8. The van der Waals surface area contributed by atoms with Crippen molar-refractivity contribution in [3.63, 3.8) is 0 Å². The lowest BCUT2D eigenvalue weighted by Crippen LogP contribution is -2.31. The molecule has 0 bridgehead atoms. The van der Waals surface area contributed by atoms with Gasteiger partial charge in [-0.2, -0.15) is 0 Å². The average molecular weight is 395 g/mol. The molecule has 0 aliphatic carbocycles. The zero-order valence-corrected chi connectivity index (χ0v) is 16.5. The highest BCUT2D eigenvalue weighted by molar-refractivity contribution is 8.00. The molecular formula is C21H22N4O2S. The van der Waals surface area contributed by atoms with Gasteiger partial charge in [-0.25, -0.2) is 0 Å². The van der Waals surface area contributed by atoms with Crippen molar-refractivity contribution in [2.45, 2.75) is 23.2 Å². The standard InChI is InChI=1S/C21H22N4O2S/c1-27-18-12-6-5-11-17(18)25-15-22-23-21(25)28-19(16-9-3-2-4-10-16)20(26)24-13-7-8-14-24/h2-6,9-12,15,19H,7-8,13-14H2,1H3/t19-/m1/s1. The average Bonchev–Trinajstić information content (AvgIpc) is 3.44. The van der Waals surface area contributed by atoms with Crippen LogP contribution in [0.2, 0.25) is 0 Å². The minimum Gasteiger partial charge on any atom is -0.495 e. The zero-order valence-electron chi connectivity index (χ0n) is 15.7. The topological polar surface area (TPSA) is 60.2 Å². The van der Waals surface area contributed by atoms with Crippen molar-refractivity contribution in [1.82, 2.24) is 19.7 Å². The summed E-state index contributed by atoms with van der Waals surface area (Å²) in [6.07, 6.45) is 3.78. The molecule has 2 aromatic carbocycles. The molecule has 2 heterocycles. The van der Waals surface area contributed by atoms with E-state index in [1.165, 1.54) is 11.8 Å². The smallest absolute Gasteiger partial charge is 0.240 e. The lowest BCUT2D eigenvalue weighted by molar-refractivity contribution is -0.129. The molecule has 7 heteroatoms. The van der Waals surface area contributed by atoms with E-state index in [0.717, 1.165) is 42.9 Å². The minimum atomic E-state index is -0.364. The molecule has 6 nitrogen and oxygen atoms in total. The van der Waals surface area contributed by atoms with Crippen molar-refractivity contribution < 1.29 is 9.53 Å². The summed E-state index contributed by atoms with van der Waals surface area (Å²) in [7, 11) is 1.64. The summed E-state index contributed by atoms with van der Waals surface area (Å²) >= 11 is 1.43. The van der Waals surface area contributed by atoms with E-state index in [1.54, 1.807) is 13.4 Å². The van der Waals surface area contributed by atoms with E-state index in [9.17, 15) is 4.79 Å². The lowest BCUT2D eigenvalue weighted by atomic mass is 10.1. The summed E-state index contributed by atoms with van der Waals surface area (Å²) in [5.41, 5.74) is 1.82. The summed E-state index contributed by atoms with van der Waals surface area (Å²) in [6.45, 7) is 1.64. The number of likely N-dealkylation sites (tertiary alicyclic amines) is 1. The molecule has 144 valence electrons. The summed E-state index contributed by atoms with van der Waals surface area (Å²) in [5, 5.41) is 8.68. The second-order valence-electron chi connectivity index (χ2n) is 6.60. The van der Waals surface area contributed by atoms with Crippen molar-refractivity contribution in [2.75, 3.05) is 20.2 Å². The van der Waals surface area contributed by atoms with E-state index in [-0.39, 0.29) is 11.2 Å². The molecule has 0 unspecified atom stereocenters. The number of hydrogen-bond acceptors (Lipinski definition) is 5. The van der Waals surface area contributed by atoms with Crippen molar-refractivity contribution >= 4 is 17.7 Å². The molecule has 1 aliphatic rings. The highest BCUT2D eigenvalue weighted by Gasteiger charge is 2.30. The minimum absolute atomic E-state index is 0.128. The maximum absolute atomic E-state index is 13.3. The molecule has 4 rings (SSSR count). The fraction of sp³-hybridized carbons (Fsp3) is 0.286. The SMILES string of the molecule is COc1ccccc1-n1cnnc1S[C@@H](C(=O)N1CCCC1)c1ccccc1. The molecule has 28 heavy (non-hydrogen) atoms. The van der Waals surface area contributed by atoms with E-state index in [1.807, 2.05) is 64.1 Å². The lowest BCUT2D eigenvalue weighted by Gasteiger charge is -2.23. The Morgan fingerprint density at radius 1 is 1.07 bits per heavy atom. The molecule has 0 spiro atoms. The van der Waals surface area contributed by atoms with Crippen LogP contribution in [0.4, 0.5) is 0 Å². The molecule has 0 saturated carbocycles. The second-order valence-corrected chi connectivity index (χ2v) is 7.67. The van der Waals surface area contributed by atoms with Crippen LogP contribution in [0.1, 0.15) is 23.7 Å². The summed E-state index contributed by atoms with van der Waals surface area (Å²) < 4.78 is 7.35. The number of benzene rings is 2. The van der Waals surface area contributed by atoms with Crippen molar-refractivity contribution in [1.29, 1.82) is 0 Å². The van der Waals surface area contributed by atoms with Gasteiger partial charge in [-0.1, -0.05) is 54.2 Å². The van der Waals surface area contributed by atoms with Gasteiger partial charge in [-0.3, -0.25) is 9.36 Å². The number of nitrogens with zero attached hydrogens (tertiary/aromatic N) is 4. The molecule has 1 aliphatic heterocycles. The summed E-state index contributed by atoms with van der Waals surface area (Å²) in [6, 6.07) is 17.6. The van der Waals surface area contributed by atoms with Crippen LogP contribution < -0.4 is 4.74 Å². The number of carbonyl (C=O) groups is 1. The highest BCUT2D eigenvalue weighted by Crippen LogP contribution is 2.38. The first-order valence-electron chi connectivity index (χ1n) is 9.31. The maximum atomic E-state index is 13.3. The predicted octanol–water partition coefficient (Wildman–Crippen LogP) is 3.73. The third-order valence-corrected chi connectivity index (χ3v) is 6.03. The number of ether oxygens (including phenoxy) is 1. The van der Waals surface area contributed by atoms with Crippen LogP contribution in [-0.4, -0.2) is 45.8 Å². The zero-order chi connectivity index (χ0) is 19.3. The highest BCUT2D eigenvalue weighted by atomic mass is 32.2. The fourth-order valence-electron chi connectivity index (χ4n) is 3.40. The molecular weight excluding hydrogens is 372 g/mol. The number of carbonyl (C=O) groups excluding carboxylic acids is 1. The van der Waals surface area contributed by atoms with Crippen LogP contribution in [0.5, 0.6) is 5.75 Å². The Balaban J connectivity index is 1.68. The number of aromatic nitrogens is 3. The summed E-state index contributed by atoms with van der Waals surface area (Å²) in [4.78, 5) is 15.2. The molecule has 1 aromatic heterocycles. The summed E-state index contributed by atoms with van der Waals surface area (Å²) in [5.74, 6) is 0.856. The molecule has 1 saturated heterocycles. The van der Waals surface area contributed by atoms with Crippen LogP contribution in [0.15, 0.2) is 66.1 Å². The van der Waals surface area contributed by atoms with Gasteiger partial charge in [0.05, 0.1) is 12.8 Å². The molecule has 1 amide bonds. The first-order valence-corrected chi connectivity index (χ1v) is 10.2. The number of methoxy groups -OCH3 is 1. The Hall–Kier alpha value is -2.80. The molecule has 1 fully saturated rings.